The van der Waals surface area contributed by atoms with Crippen LogP contribution in [-0.2, 0) is 4.79 Å². The van der Waals surface area contributed by atoms with Gasteiger partial charge in [-0.3, -0.25) is 4.79 Å². The van der Waals surface area contributed by atoms with Crippen molar-refractivity contribution in [2.45, 2.75) is 12.8 Å². The summed E-state index contributed by atoms with van der Waals surface area (Å²) in [4.78, 5) is 12.3. The molecule has 1 amide bonds. The van der Waals surface area contributed by atoms with Crippen LogP contribution >= 0.6 is 0 Å². The quantitative estimate of drug-likeness (QED) is 0.409. The number of rotatable bonds is 0. The standard InChI is InChI=1S/C5H9NO.Na/c1-6-4-2-3-5(6)7;/h2-4H2,1H3;. The molecule has 0 unspecified atom stereocenters. The Bertz CT molecular complexity index is 94.4. The average Bonchev–Trinajstić information content (AvgIpc) is 1.91. The summed E-state index contributed by atoms with van der Waals surface area (Å²) >= 11 is 0. The fraction of sp³-hybridized carbons (Fsp3) is 0.800. The van der Waals surface area contributed by atoms with Gasteiger partial charge in [-0.2, -0.15) is 0 Å². The van der Waals surface area contributed by atoms with Crippen molar-refractivity contribution in [1.82, 2.24) is 4.90 Å². The largest absolute Gasteiger partial charge is 0.346 e. The number of carbonyl (C=O) groups is 1. The molecule has 0 aromatic heterocycles. The average molecular weight is 122 g/mol. The van der Waals surface area contributed by atoms with Crippen LogP contribution in [0.4, 0.5) is 0 Å². The van der Waals surface area contributed by atoms with Crippen LogP contribution in [0.25, 0.3) is 0 Å². The van der Waals surface area contributed by atoms with Crippen LogP contribution < -0.4 is 0 Å². The predicted molar refractivity (Wildman–Crippen MR) is 32.6 cm³/mol. The molecule has 1 rings (SSSR count). The first-order valence-electron chi connectivity index (χ1n) is 2.54. The Labute approximate surface area is 71.5 Å². The Kier molecular flexibility index (Phi) is 3.69. The molecule has 1 aliphatic heterocycles. The van der Waals surface area contributed by atoms with Crippen LogP contribution in [-0.4, -0.2) is 54.0 Å². The SMILES string of the molecule is CN1CCCC1=O.[Na]. The van der Waals surface area contributed by atoms with E-state index < -0.39 is 0 Å². The van der Waals surface area contributed by atoms with Gasteiger partial charge in [0.25, 0.3) is 0 Å². The van der Waals surface area contributed by atoms with E-state index in [0.717, 1.165) is 19.4 Å². The molecule has 0 aliphatic carbocycles. The molecule has 41 valence electrons. The maximum absolute atomic E-state index is 10.5. The van der Waals surface area contributed by atoms with Gasteiger partial charge in [0.2, 0.25) is 5.91 Å². The van der Waals surface area contributed by atoms with Crippen molar-refractivity contribution in [2.75, 3.05) is 13.6 Å². The van der Waals surface area contributed by atoms with Crippen molar-refractivity contribution < 1.29 is 4.79 Å². The van der Waals surface area contributed by atoms with E-state index in [1.54, 1.807) is 4.90 Å². The molecule has 0 bridgehead atoms. The summed E-state index contributed by atoms with van der Waals surface area (Å²) in [6.07, 6.45) is 1.81. The van der Waals surface area contributed by atoms with E-state index >= 15 is 0 Å². The molecule has 0 saturated carbocycles. The number of hydrogen-bond donors (Lipinski definition) is 0. The monoisotopic (exact) mass is 122 g/mol. The molecule has 1 fully saturated rings. The number of nitrogens with zero attached hydrogens (tertiary/aromatic N) is 1. The first-order valence-corrected chi connectivity index (χ1v) is 2.54. The van der Waals surface area contributed by atoms with Gasteiger partial charge in [0.05, 0.1) is 0 Å². The fourth-order valence-corrected chi connectivity index (χ4v) is 0.783. The molecule has 2 nitrogen and oxygen atoms in total. The van der Waals surface area contributed by atoms with Crippen molar-refractivity contribution in [1.29, 1.82) is 0 Å². The van der Waals surface area contributed by atoms with Gasteiger partial charge >= 0.3 is 0 Å². The summed E-state index contributed by atoms with van der Waals surface area (Å²) in [5.74, 6) is 0.292. The van der Waals surface area contributed by atoms with Gasteiger partial charge in [-0.1, -0.05) is 0 Å². The van der Waals surface area contributed by atoms with Crippen LogP contribution in [0.5, 0.6) is 0 Å². The molecular formula is C5H9NNaO. The van der Waals surface area contributed by atoms with E-state index in [1.165, 1.54) is 0 Å². The first-order chi connectivity index (χ1) is 3.30. The maximum Gasteiger partial charge on any atom is 0.222 e. The normalized spacial score (nSPS) is 18.6. The minimum absolute atomic E-state index is 0. The van der Waals surface area contributed by atoms with E-state index in [9.17, 15) is 4.79 Å². The third-order valence-corrected chi connectivity index (χ3v) is 1.31. The molecular weight excluding hydrogens is 113 g/mol. The molecule has 0 aromatic carbocycles. The number of amides is 1. The molecule has 1 radical (unpaired) electrons. The Morgan fingerprint density at radius 1 is 1.62 bits per heavy atom. The smallest absolute Gasteiger partial charge is 0.222 e. The molecule has 1 saturated heterocycles. The zero-order valence-corrected chi connectivity index (χ0v) is 7.48. The van der Waals surface area contributed by atoms with E-state index in [0.29, 0.717) is 5.91 Å². The van der Waals surface area contributed by atoms with Crippen molar-refractivity contribution in [2.24, 2.45) is 0 Å². The van der Waals surface area contributed by atoms with Gasteiger partial charge in [-0.15, -0.1) is 0 Å². The Balaban J connectivity index is 0.000000490. The summed E-state index contributed by atoms with van der Waals surface area (Å²) in [7, 11) is 1.84. The molecule has 3 heteroatoms. The Hall–Kier alpha value is 0.470. The Morgan fingerprint density at radius 3 is 2.38 bits per heavy atom. The van der Waals surface area contributed by atoms with Crippen LogP contribution in [0.1, 0.15) is 12.8 Å². The van der Waals surface area contributed by atoms with Crippen molar-refractivity contribution in [3.63, 3.8) is 0 Å². The summed E-state index contributed by atoms with van der Waals surface area (Å²) in [6, 6.07) is 0. The van der Waals surface area contributed by atoms with Gasteiger partial charge in [-0.05, 0) is 6.42 Å². The van der Waals surface area contributed by atoms with Crippen LogP contribution in [0.3, 0.4) is 0 Å². The van der Waals surface area contributed by atoms with Gasteiger partial charge in [0.1, 0.15) is 0 Å². The minimum atomic E-state index is 0. The zero-order chi connectivity index (χ0) is 5.28. The number of likely N-dealkylation sites (tertiary alicyclic amines) is 1. The van der Waals surface area contributed by atoms with Crippen molar-refractivity contribution in [3.05, 3.63) is 0 Å². The van der Waals surface area contributed by atoms with Crippen molar-refractivity contribution >= 4 is 35.5 Å². The van der Waals surface area contributed by atoms with Crippen molar-refractivity contribution in [3.8, 4) is 0 Å². The molecule has 0 atom stereocenters. The van der Waals surface area contributed by atoms with Crippen LogP contribution in [0.2, 0.25) is 0 Å². The second-order valence-electron chi connectivity index (χ2n) is 1.92. The minimum Gasteiger partial charge on any atom is -0.346 e. The molecule has 0 spiro atoms. The molecule has 8 heavy (non-hydrogen) atoms. The topological polar surface area (TPSA) is 20.3 Å². The fourth-order valence-electron chi connectivity index (χ4n) is 0.783. The van der Waals surface area contributed by atoms with Crippen LogP contribution in [0.15, 0.2) is 0 Å². The molecule has 1 heterocycles. The van der Waals surface area contributed by atoms with E-state index in [1.807, 2.05) is 7.05 Å². The number of hydrogen-bond acceptors (Lipinski definition) is 1. The molecule has 0 aromatic rings. The Morgan fingerprint density at radius 2 is 2.25 bits per heavy atom. The van der Waals surface area contributed by atoms with E-state index in [-0.39, 0.29) is 29.6 Å². The second kappa shape index (κ2) is 3.49. The van der Waals surface area contributed by atoms with E-state index in [4.69, 9.17) is 0 Å². The predicted octanol–water partition coefficient (Wildman–Crippen LogP) is -0.142. The summed E-state index contributed by atoms with van der Waals surface area (Å²) in [6.45, 7) is 0.957. The summed E-state index contributed by atoms with van der Waals surface area (Å²) in [5, 5.41) is 0. The maximum atomic E-state index is 10.5. The number of carbonyl (C=O) groups excluding carboxylic acids is 1. The van der Waals surface area contributed by atoms with E-state index in [2.05, 4.69) is 0 Å². The second-order valence-corrected chi connectivity index (χ2v) is 1.92. The molecule has 0 N–H and O–H groups in total. The third-order valence-electron chi connectivity index (χ3n) is 1.31. The van der Waals surface area contributed by atoms with Crippen LogP contribution in [0, 0.1) is 0 Å². The van der Waals surface area contributed by atoms with Gasteiger partial charge in [-0.25, -0.2) is 0 Å². The summed E-state index contributed by atoms with van der Waals surface area (Å²) < 4.78 is 0. The first kappa shape index (κ1) is 8.47. The van der Waals surface area contributed by atoms with Gasteiger partial charge in [0, 0.05) is 49.6 Å². The summed E-state index contributed by atoms with van der Waals surface area (Å²) in [5.41, 5.74) is 0. The van der Waals surface area contributed by atoms with Gasteiger partial charge in [0.15, 0.2) is 0 Å². The third kappa shape index (κ3) is 1.77. The van der Waals surface area contributed by atoms with Gasteiger partial charge < -0.3 is 4.90 Å². The molecule has 1 aliphatic rings. The zero-order valence-electron chi connectivity index (χ0n) is 5.48.